The van der Waals surface area contributed by atoms with Crippen molar-refractivity contribution >= 4 is 5.82 Å². The zero-order chi connectivity index (χ0) is 12.8. The second-order valence-corrected chi connectivity index (χ2v) is 6.52. The molecule has 0 aliphatic carbocycles. The van der Waals surface area contributed by atoms with Gasteiger partial charge in [0.05, 0.1) is 18.3 Å². The molecule has 0 bridgehead atoms. The normalized spacial score (nSPS) is 27.9. The summed E-state index contributed by atoms with van der Waals surface area (Å²) in [5.74, 6) is 1.82. The molecule has 2 aliphatic heterocycles. The van der Waals surface area contributed by atoms with Crippen LogP contribution in [0.5, 0.6) is 0 Å². The molecule has 1 aromatic heterocycles. The third-order valence-corrected chi connectivity index (χ3v) is 4.07. The summed E-state index contributed by atoms with van der Waals surface area (Å²) in [6.45, 7) is 9.52. The molecular formula is C14H23N3O. The van der Waals surface area contributed by atoms with Crippen molar-refractivity contribution in [2.75, 3.05) is 25.1 Å². The van der Waals surface area contributed by atoms with Crippen LogP contribution in [-0.4, -0.2) is 29.5 Å². The molecule has 1 aromatic rings. The highest BCUT2D eigenvalue weighted by Gasteiger charge is 2.32. The number of rotatable bonds is 1. The van der Waals surface area contributed by atoms with E-state index in [4.69, 9.17) is 9.84 Å². The first-order valence-electron chi connectivity index (χ1n) is 6.97. The van der Waals surface area contributed by atoms with Gasteiger partial charge in [-0.3, -0.25) is 0 Å². The van der Waals surface area contributed by atoms with Gasteiger partial charge in [0.15, 0.2) is 0 Å². The Kier molecular flexibility index (Phi) is 2.85. The predicted molar refractivity (Wildman–Crippen MR) is 72.0 cm³/mol. The summed E-state index contributed by atoms with van der Waals surface area (Å²) in [5, 5.41) is 8.31. The fourth-order valence-electron chi connectivity index (χ4n) is 2.91. The summed E-state index contributed by atoms with van der Waals surface area (Å²) < 4.78 is 7.75. The summed E-state index contributed by atoms with van der Waals surface area (Å²) in [6.07, 6.45) is 2.33. The molecule has 1 N–H and O–H groups in total. The van der Waals surface area contributed by atoms with Crippen LogP contribution >= 0.6 is 0 Å². The zero-order valence-corrected chi connectivity index (χ0v) is 11.6. The van der Waals surface area contributed by atoms with Crippen LogP contribution < -0.4 is 5.32 Å². The van der Waals surface area contributed by atoms with Crippen molar-refractivity contribution in [3.8, 4) is 0 Å². The van der Waals surface area contributed by atoms with Gasteiger partial charge in [0, 0.05) is 30.6 Å². The molecular weight excluding hydrogens is 226 g/mol. The quantitative estimate of drug-likeness (QED) is 0.831. The number of anilines is 1. The van der Waals surface area contributed by atoms with E-state index in [-0.39, 0.29) is 5.41 Å². The van der Waals surface area contributed by atoms with Crippen LogP contribution in [0.4, 0.5) is 5.82 Å². The second-order valence-electron chi connectivity index (χ2n) is 6.52. The van der Waals surface area contributed by atoms with Crippen LogP contribution in [0.1, 0.15) is 45.3 Å². The Balaban J connectivity index is 1.92. The first-order chi connectivity index (χ1) is 8.55. The topological polar surface area (TPSA) is 39.1 Å². The molecule has 0 saturated carbocycles. The van der Waals surface area contributed by atoms with Crippen molar-refractivity contribution in [3.05, 3.63) is 11.8 Å². The standard InChI is InChI=1S/C14H23N3O/c1-14(2,3)12-8-13-15-6-4-11(17(13)16-12)10-5-7-18-9-10/h8,10-11,15H,4-7,9H2,1-3H3. The molecule has 2 unspecified atom stereocenters. The smallest absolute Gasteiger partial charge is 0.124 e. The fourth-order valence-corrected chi connectivity index (χ4v) is 2.91. The molecule has 3 heterocycles. The Hall–Kier alpha value is -1.03. The van der Waals surface area contributed by atoms with Gasteiger partial charge in [0.1, 0.15) is 5.82 Å². The number of hydrogen-bond acceptors (Lipinski definition) is 3. The average molecular weight is 249 g/mol. The third kappa shape index (κ3) is 2.03. The molecule has 4 heteroatoms. The van der Waals surface area contributed by atoms with Crippen LogP contribution in [0.3, 0.4) is 0 Å². The molecule has 18 heavy (non-hydrogen) atoms. The van der Waals surface area contributed by atoms with Crippen LogP contribution in [-0.2, 0) is 10.2 Å². The molecule has 0 amide bonds. The van der Waals surface area contributed by atoms with Gasteiger partial charge in [-0.1, -0.05) is 20.8 Å². The van der Waals surface area contributed by atoms with Gasteiger partial charge in [0.25, 0.3) is 0 Å². The maximum Gasteiger partial charge on any atom is 0.124 e. The van der Waals surface area contributed by atoms with Gasteiger partial charge in [-0.15, -0.1) is 0 Å². The first-order valence-corrected chi connectivity index (χ1v) is 6.97. The number of nitrogens with zero attached hydrogens (tertiary/aromatic N) is 2. The first kappa shape index (κ1) is 12.0. The lowest BCUT2D eigenvalue weighted by molar-refractivity contribution is 0.167. The van der Waals surface area contributed by atoms with Gasteiger partial charge < -0.3 is 10.1 Å². The lowest BCUT2D eigenvalue weighted by Gasteiger charge is -2.29. The van der Waals surface area contributed by atoms with Crippen molar-refractivity contribution < 1.29 is 4.74 Å². The lowest BCUT2D eigenvalue weighted by atomic mass is 9.92. The minimum Gasteiger partial charge on any atom is -0.381 e. The van der Waals surface area contributed by atoms with Crippen LogP contribution in [0.2, 0.25) is 0 Å². The van der Waals surface area contributed by atoms with Crippen LogP contribution in [0.25, 0.3) is 0 Å². The average Bonchev–Trinajstić information content (AvgIpc) is 2.96. The monoisotopic (exact) mass is 249 g/mol. The molecule has 1 fully saturated rings. The van der Waals surface area contributed by atoms with E-state index in [0.29, 0.717) is 12.0 Å². The highest BCUT2D eigenvalue weighted by atomic mass is 16.5. The Bertz CT molecular complexity index is 427. The second kappa shape index (κ2) is 4.26. The maximum absolute atomic E-state index is 5.54. The van der Waals surface area contributed by atoms with E-state index in [1.807, 2.05) is 0 Å². The predicted octanol–water partition coefficient (Wildman–Crippen LogP) is 2.57. The Morgan fingerprint density at radius 3 is 2.89 bits per heavy atom. The molecule has 0 radical (unpaired) electrons. The highest BCUT2D eigenvalue weighted by molar-refractivity contribution is 5.41. The van der Waals surface area contributed by atoms with E-state index < -0.39 is 0 Å². The number of hydrogen-bond donors (Lipinski definition) is 1. The van der Waals surface area contributed by atoms with E-state index in [1.54, 1.807) is 0 Å². The summed E-state index contributed by atoms with van der Waals surface area (Å²) in [4.78, 5) is 0. The molecule has 0 aromatic carbocycles. The van der Waals surface area contributed by atoms with E-state index >= 15 is 0 Å². The molecule has 1 saturated heterocycles. The largest absolute Gasteiger partial charge is 0.381 e. The van der Waals surface area contributed by atoms with Gasteiger partial charge in [-0.2, -0.15) is 5.10 Å². The van der Waals surface area contributed by atoms with E-state index in [1.165, 1.54) is 17.9 Å². The van der Waals surface area contributed by atoms with Crippen molar-refractivity contribution in [1.82, 2.24) is 9.78 Å². The highest BCUT2D eigenvalue weighted by Crippen LogP contribution is 2.36. The summed E-state index contributed by atoms with van der Waals surface area (Å²) in [7, 11) is 0. The van der Waals surface area contributed by atoms with Crippen LogP contribution in [0.15, 0.2) is 6.07 Å². The molecule has 4 nitrogen and oxygen atoms in total. The summed E-state index contributed by atoms with van der Waals surface area (Å²) in [6, 6.07) is 2.72. The number of fused-ring (bicyclic) bond motifs is 1. The van der Waals surface area contributed by atoms with E-state index in [9.17, 15) is 0 Å². The van der Waals surface area contributed by atoms with Crippen LogP contribution in [0, 0.1) is 5.92 Å². The molecule has 2 aliphatic rings. The Morgan fingerprint density at radius 1 is 1.39 bits per heavy atom. The molecule has 2 atom stereocenters. The summed E-state index contributed by atoms with van der Waals surface area (Å²) >= 11 is 0. The maximum atomic E-state index is 5.54. The molecule has 100 valence electrons. The number of ether oxygens (including phenoxy) is 1. The van der Waals surface area contributed by atoms with E-state index in [0.717, 1.165) is 26.2 Å². The Labute approximate surface area is 109 Å². The summed E-state index contributed by atoms with van der Waals surface area (Å²) in [5.41, 5.74) is 1.29. The minimum atomic E-state index is 0.114. The van der Waals surface area contributed by atoms with Crippen molar-refractivity contribution in [2.45, 2.75) is 45.1 Å². The molecule has 3 rings (SSSR count). The van der Waals surface area contributed by atoms with Gasteiger partial charge in [-0.25, -0.2) is 4.68 Å². The fraction of sp³-hybridized carbons (Fsp3) is 0.786. The van der Waals surface area contributed by atoms with Gasteiger partial charge in [0.2, 0.25) is 0 Å². The van der Waals surface area contributed by atoms with Crippen molar-refractivity contribution in [3.63, 3.8) is 0 Å². The lowest BCUT2D eigenvalue weighted by Crippen LogP contribution is -2.29. The number of aromatic nitrogens is 2. The zero-order valence-electron chi connectivity index (χ0n) is 11.6. The number of nitrogens with one attached hydrogen (secondary N) is 1. The van der Waals surface area contributed by atoms with Gasteiger partial charge in [-0.05, 0) is 12.8 Å². The molecule has 0 spiro atoms. The van der Waals surface area contributed by atoms with Crippen molar-refractivity contribution in [1.29, 1.82) is 0 Å². The van der Waals surface area contributed by atoms with E-state index in [2.05, 4.69) is 36.8 Å². The SMILES string of the molecule is CC(C)(C)c1cc2n(n1)C(C1CCOC1)CCN2. The van der Waals surface area contributed by atoms with Crippen molar-refractivity contribution in [2.24, 2.45) is 5.92 Å². The van der Waals surface area contributed by atoms with Gasteiger partial charge >= 0.3 is 0 Å². The Morgan fingerprint density at radius 2 is 2.22 bits per heavy atom. The third-order valence-electron chi connectivity index (χ3n) is 4.07. The minimum absolute atomic E-state index is 0.114.